The van der Waals surface area contributed by atoms with Crippen LogP contribution in [-0.4, -0.2) is 65.1 Å². The van der Waals surface area contributed by atoms with Crippen molar-refractivity contribution in [2.75, 3.05) is 16.8 Å². The highest BCUT2D eigenvalue weighted by molar-refractivity contribution is 9.09. The first-order valence-electron chi connectivity index (χ1n) is 7.54. The number of carbonyl (C=O) groups is 4. The Kier molecular flexibility index (Phi) is 6.23. The maximum atomic E-state index is 12.7. The van der Waals surface area contributed by atoms with Crippen LogP contribution in [0.15, 0.2) is 21.9 Å². The van der Waals surface area contributed by atoms with Crippen LogP contribution in [0.5, 0.6) is 0 Å². The normalized spacial score (nSPS) is 22.9. The van der Waals surface area contributed by atoms with Gasteiger partial charge in [-0.15, -0.1) is 11.8 Å². The van der Waals surface area contributed by atoms with Crippen molar-refractivity contribution < 1.29 is 24.3 Å². The van der Waals surface area contributed by atoms with E-state index in [-0.39, 0.29) is 11.0 Å². The first kappa shape index (κ1) is 20.3. The van der Waals surface area contributed by atoms with E-state index in [1.54, 1.807) is 0 Å². The van der Waals surface area contributed by atoms with Crippen molar-refractivity contribution in [3.05, 3.63) is 17.6 Å². The highest BCUT2D eigenvalue weighted by Gasteiger charge is 2.58. The molecule has 2 aliphatic heterocycles. The second kappa shape index (κ2) is 8.29. The fourth-order valence-corrected chi connectivity index (χ4v) is 6.37. The van der Waals surface area contributed by atoms with Crippen LogP contribution in [0.2, 0.25) is 0 Å². The largest absolute Gasteiger partial charge is 0.477 e. The van der Waals surface area contributed by atoms with Crippen LogP contribution in [-0.2, 0) is 19.2 Å². The van der Waals surface area contributed by atoms with Gasteiger partial charge in [0.1, 0.15) is 17.9 Å². The Morgan fingerprint density at radius 1 is 1.48 bits per heavy atom. The number of alkyl halides is 1. The monoisotopic (exact) mass is 492 g/mol. The van der Waals surface area contributed by atoms with Gasteiger partial charge in [-0.1, -0.05) is 27.7 Å². The van der Waals surface area contributed by atoms with Crippen molar-refractivity contribution in [2.24, 2.45) is 17.6 Å². The Morgan fingerprint density at radius 2 is 2.22 bits per heavy atom. The van der Waals surface area contributed by atoms with Crippen molar-refractivity contribution >= 4 is 74.6 Å². The third kappa shape index (κ3) is 3.77. The van der Waals surface area contributed by atoms with Gasteiger partial charge in [0.05, 0.1) is 16.6 Å². The van der Waals surface area contributed by atoms with Gasteiger partial charge in [0, 0.05) is 11.5 Å². The average molecular weight is 493 g/mol. The molecule has 1 aromatic heterocycles. The van der Waals surface area contributed by atoms with Crippen molar-refractivity contribution in [1.29, 1.82) is 0 Å². The number of β-lactam (4-membered cyclic amide) rings is 1. The molecule has 2 aliphatic rings. The van der Waals surface area contributed by atoms with Crippen LogP contribution in [0.25, 0.3) is 0 Å². The summed E-state index contributed by atoms with van der Waals surface area (Å²) in [7, 11) is 0. The summed E-state index contributed by atoms with van der Waals surface area (Å²) in [4.78, 5) is 53.4. The Balaban J connectivity index is 1.84. The van der Waals surface area contributed by atoms with Crippen molar-refractivity contribution in [2.45, 2.75) is 9.71 Å². The van der Waals surface area contributed by atoms with Gasteiger partial charge >= 0.3 is 5.97 Å². The number of nitrogens with two attached hydrogens (primary N) is 1. The van der Waals surface area contributed by atoms with Crippen LogP contribution in [0.1, 0.15) is 0 Å². The van der Waals surface area contributed by atoms with Crippen LogP contribution in [0, 0.1) is 11.8 Å². The fraction of sp³-hybridized carbons (Fsp3) is 0.429. The molecule has 13 heteroatoms. The number of thioether (sulfide) groups is 2. The molecule has 9 nitrogen and oxygen atoms in total. The van der Waals surface area contributed by atoms with E-state index in [2.05, 4.69) is 25.3 Å². The molecular formula is C14H13BrN4O5S3. The van der Waals surface area contributed by atoms with Crippen molar-refractivity contribution in [3.8, 4) is 0 Å². The Hall–Kier alpha value is -1.44. The van der Waals surface area contributed by atoms with E-state index < -0.39 is 40.8 Å². The number of primary amides is 1. The number of carboxylic acids is 1. The topological polar surface area (TPSA) is 144 Å². The summed E-state index contributed by atoms with van der Waals surface area (Å²) in [5.74, 6) is -4.64. The molecule has 1 fully saturated rings. The summed E-state index contributed by atoms with van der Waals surface area (Å²) in [5, 5.41) is 8.93. The maximum absolute atomic E-state index is 12.7. The minimum Gasteiger partial charge on any atom is -0.477 e. The number of carboxylic acid groups (broad SMARTS) is 1. The Morgan fingerprint density at radius 3 is 2.78 bits per heavy atom. The molecule has 1 aromatic rings. The van der Waals surface area contributed by atoms with Crippen LogP contribution in [0.3, 0.4) is 0 Å². The molecule has 1 saturated heterocycles. The number of rotatable bonds is 8. The number of aromatic nitrogens is 2. The van der Waals surface area contributed by atoms with E-state index in [1.165, 1.54) is 41.4 Å². The molecule has 144 valence electrons. The molecule has 3 N–H and O–H groups in total. The molecule has 3 unspecified atom stereocenters. The maximum Gasteiger partial charge on any atom is 0.352 e. The summed E-state index contributed by atoms with van der Waals surface area (Å²) in [6, 6.07) is 0. The second-order valence-corrected chi connectivity index (χ2v) is 9.34. The number of halogens is 1. The van der Waals surface area contributed by atoms with E-state index in [9.17, 15) is 24.3 Å². The number of ketones is 1. The molecular weight excluding hydrogens is 480 g/mol. The Labute approximate surface area is 174 Å². The van der Waals surface area contributed by atoms with Gasteiger partial charge < -0.3 is 10.8 Å². The number of Topliss-reactive ketones (excluding diaryl/α,β-unsaturated/α-hetero) is 1. The van der Waals surface area contributed by atoms with Gasteiger partial charge in [-0.25, -0.2) is 9.78 Å². The molecule has 3 atom stereocenters. The zero-order chi connectivity index (χ0) is 19.7. The van der Waals surface area contributed by atoms with Gasteiger partial charge in [-0.05, 0) is 17.1 Å². The Bertz CT molecular complexity index is 831. The minimum atomic E-state index is -1.27. The average Bonchev–Trinajstić information content (AvgIpc) is 3.15. The first-order chi connectivity index (χ1) is 12.9. The third-order valence-electron chi connectivity index (χ3n) is 4.15. The number of amides is 2. The fourth-order valence-electron chi connectivity index (χ4n) is 2.99. The second-order valence-electron chi connectivity index (χ2n) is 5.67. The quantitative estimate of drug-likeness (QED) is 0.230. The standard InChI is InChI=1S/C14H13BrN4O5S3/c15-1-6(20)7(10(16)21)8-11(22)19-9(13(23)24)5(2-25-12(8)19)3-26-14-17-4-18-27-14/h4,7-8,12H,1-3H2,(H2,16,21)(H,23,24). The number of hydrogen-bond donors (Lipinski definition) is 2. The summed E-state index contributed by atoms with van der Waals surface area (Å²) in [6.07, 6.45) is 1.42. The van der Waals surface area contributed by atoms with E-state index in [4.69, 9.17) is 5.73 Å². The van der Waals surface area contributed by atoms with Gasteiger partial charge in [0.2, 0.25) is 11.8 Å². The molecule has 2 amide bonds. The van der Waals surface area contributed by atoms with E-state index >= 15 is 0 Å². The highest BCUT2D eigenvalue weighted by Crippen LogP contribution is 2.47. The summed E-state index contributed by atoms with van der Waals surface area (Å²) in [6.45, 7) is 0. The molecule has 0 bridgehead atoms. The predicted octanol–water partition coefficient (Wildman–Crippen LogP) is 0.566. The number of hydrogen-bond acceptors (Lipinski definition) is 9. The number of nitrogens with zero attached hydrogens (tertiary/aromatic N) is 3. The lowest BCUT2D eigenvalue weighted by Gasteiger charge is -2.51. The summed E-state index contributed by atoms with van der Waals surface area (Å²) in [5.41, 5.74) is 5.82. The van der Waals surface area contributed by atoms with Crippen LogP contribution >= 0.6 is 51.0 Å². The van der Waals surface area contributed by atoms with E-state index in [1.807, 2.05) is 0 Å². The minimum absolute atomic E-state index is 0.0912. The zero-order valence-corrected chi connectivity index (χ0v) is 17.6. The SMILES string of the molecule is NC(=O)C(C(=O)CBr)C1C(=O)N2C(C(=O)O)=C(CSc3ncns3)CSC12. The number of carbonyl (C=O) groups excluding carboxylic acids is 3. The van der Waals surface area contributed by atoms with Crippen molar-refractivity contribution in [3.63, 3.8) is 0 Å². The molecule has 0 aromatic carbocycles. The van der Waals surface area contributed by atoms with Gasteiger partial charge in [-0.3, -0.25) is 19.3 Å². The lowest BCUT2D eigenvalue weighted by molar-refractivity contribution is -0.159. The van der Waals surface area contributed by atoms with Gasteiger partial charge in [-0.2, -0.15) is 4.37 Å². The highest BCUT2D eigenvalue weighted by atomic mass is 79.9. The van der Waals surface area contributed by atoms with Crippen LogP contribution < -0.4 is 5.73 Å². The molecule has 27 heavy (non-hydrogen) atoms. The first-order valence-corrected chi connectivity index (χ1v) is 11.5. The number of fused-ring (bicyclic) bond motifs is 1. The predicted molar refractivity (Wildman–Crippen MR) is 103 cm³/mol. The summed E-state index contributed by atoms with van der Waals surface area (Å²) >= 11 is 6.86. The van der Waals surface area contributed by atoms with Crippen LogP contribution in [0.4, 0.5) is 0 Å². The lowest BCUT2D eigenvalue weighted by atomic mass is 9.80. The van der Waals surface area contributed by atoms with Gasteiger partial charge in [0.25, 0.3) is 0 Å². The van der Waals surface area contributed by atoms with E-state index in [0.29, 0.717) is 21.4 Å². The molecule has 0 radical (unpaired) electrons. The van der Waals surface area contributed by atoms with Crippen molar-refractivity contribution in [1.82, 2.24) is 14.3 Å². The molecule has 3 rings (SSSR count). The molecule has 0 spiro atoms. The number of aliphatic carboxylic acids is 1. The zero-order valence-electron chi connectivity index (χ0n) is 13.5. The molecule has 0 aliphatic carbocycles. The summed E-state index contributed by atoms with van der Waals surface area (Å²) < 4.78 is 4.59. The lowest BCUT2D eigenvalue weighted by Crippen LogP contribution is -2.66. The smallest absolute Gasteiger partial charge is 0.352 e. The van der Waals surface area contributed by atoms with Gasteiger partial charge in [0.15, 0.2) is 10.1 Å². The molecule has 3 heterocycles. The molecule has 0 saturated carbocycles. The van der Waals surface area contributed by atoms with E-state index in [0.717, 1.165) is 4.90 Å². The third-order valence-corrected chi connectivity index (χ3v) is 7.94.